The minimum Gasteiger partial charge on any atom is -0.370 e. The van der Waals surface area contributed by atoms with Gasteiger partial charge in [0.2, 0.25) is 5.91 Å². The zero-order valence-corrected chi connectivity index (χ0v) is 13.3. The van der Waals surface area contributed by atoms with Gasteiger partial charge in [-0.05, 0) is 25.0 Å². The Hall–Kier alpha value is -2.64. The molecule has 124 valence electrons. The van der Waals surface area contributed by atoms with Crippen LogP contribution >= 0.6 is 0 Å². The molecular weight excluding hydrogens is 298 g/mol. The molecule has 0 aliphatic carbocycles. The highest BCUT2D eigenvalue weighted by molar-refractivity contribution is 6.04. The van der Waals surface area contributed by atoms with E-state index in [0.717, 1.165) is 16.3 Å². The van der Waals surface area contributed by atoms with Crippen molar-refractivity contribution in [1.82, 2.24) is 20.1 Å². The van der Waals surface area contributed by atoms with E-state index in [9.17, 15) is 14.4 Å². The van der Waals surface area contributed by atoms with Crippen LogP contribution < -0.4 is 10.6 Å². The Bertz CT molecular complexity index is 587. The maximum absolute atomic E-state index is 11.8. The summed E-state index contributed by atoms with van der Waals surface area (Å²) in [6.45, 7) is 2.90. The summed E-state index contributed by atoms with van der Waals surface area (Å²) in [4.78, 5) is 41.4. The number of hydrogen-bond donors (Lipinski definition) is 2. The maximum atomic E-state index is 11.8. The van der Waals surface area contributed by atoms with Gasteiger partial charge in [-0.25, -0.2) is 9.78 Å². The number of pyridine rings is 1. The van der Waals surface area contributed by atoms with Crippen molar-refractivity contribution >= 4 is 23.7 Å². The van der Waals surface area contributed by atoms with Crippen molar-refractivity contribution in [2.45, 2.75) is 13.3 Å². The minimum absolute atomic E-state index is 0.0274. The summed E-state index contributed by atoms with van der Waals surface area (Å²) in [5.74, 6) is 0.105. The van der Waals surface area contributed by atoms with Gasteiger partial charge in [0.05, 0.1) is 0 Å². The van der Waals surface area contributed by atoms with E-state index in [1.807, 2.05) is 19.1 Å². The molecule has 1 aromatic heterocycles. The molecule has 2 rings (SSSR count). The van der Waals surface area contributed by atoms with Gasteiger partial charge in [-0.2, -0.15) is 0 Å². The number of nitrogens with one attached hydrogen (secondary N) is 2. The molecule has 0 atom stereocenters. The first kappa shape index (κ1) is 16.7. The van der Waals surface area contributed by atoms with Crippen LogP contribution in [0, 0.1) is 6.92 Å². The smallest absolute Gasteiger partial charge is 0.327 e. The molecule has 4 amide bonds. The lowest BCUT2D eigenvalue weighted by atomic mass is 10.3. The first-order valence-electron chi connectivity index (χ1n) is 7.46. The van der Waals surface area contributed by atoms with Gasteiger partial charge in [-0.1, -0.05) is 6.07 Å². The van der Waals surface area contributed by atoms with Gasteiger partial charge < -0.3 is 15.5 Å². The standard InChI is InChI=1S/C15H21N5O3/c1-11-4-5-12(18-8-11)16-6-3-7-17-13(21)9-20-14(22)10-19(2)15(20)23/h4-5,8H,3,6-7,9-10H2,1-2H3,(H,16,18)(H,17,21). The fraction of sp³-hybridized carbons (Fsp3) is 0.467. The van der Waals surface area contributed by atoms with Crippen molar-refractivity contribution in [2.75, 3.05) is 38.5 Å². The van der Waals surface area contributed by atoms with Crippen LogP contribution in [0.4, 0.5) is 10.6 Å². The third-order valence-corrected chi connectivity index (χ3v) is 3.43. The molecule has 23 heavy (non-hydrogen) atoms. The first-order valence-corrected chi connectivity index (χ1v) is 7.46. The molecule has 0 aromatic carbocycles. The maximum Gasteiger partial charge on any atom is 0.327 e. The minimum atomic E-state index is -0.433. The largest absolute Gasteiger partial charge is 0.370 e. The molecule has 2 heterocycles. The molecular formula is C15H21N5O3. The summed E-state index contributed by atoms with van der Waals surface area (Å²) in [7, 11) is 1.53. The van der Waals surface area contributed by atoms with E-state index in [0.29, 0.717) is 19.5 Å². The van der Waals surface area contributed by atoms with Crippen LogP contribution in [0.2, 0.25) is 0 Å². The van der Waals surface area contributed by atoms with Crippen LogP contribution in [0.5, 0.6) is 0 Å². The molecule has 1 aromatic rings. The number of aryl methyl sites for hydroxylation is 1. The lowest BCUT2D eigenvalue weighted by Crippen LogP contribution is -2.41. The molecule has 0 bridgehead atoms. The highest BCUT2D eigenvalue weighted by Gasteiger charge is 2.34. The van der Waals surface area contributed by atoms with Crippen LogP contribution in [0.3, 0.4) is 0 Å². The SMILES string of the molecule is Cc1ccc(NCCCNC(=O)CN2C(=O)CN(C)C2=O)nc1. The molecule has 0 unspecified atom stereocenters. The number of anilines is 1. The molecule has 1 aliphatic heterocycles. The average Bonchev–Trinajstić information content (AvgIpc) is 2.75. The van der Waals surface area contributed by atoms with E-state index in [2.05, 4.69) is 15.6 Å². The number of carbonyl (C=O) groups excluding carboxylic acids is 3. The van der Waals surface area contributed by atoms with E-state index in [1.165, 1.54) is 11.9 Å². The van der Waals surface area contributed by atoms with Crippen molar-refractivity contribution in [3.05, 3.63) is 23.9 Å². The van der Waals surface area contributed by atoms with Crippen molar-refractivity contribution < 1.29 is 14.4 Å². The molecule has 0 spiro atoms. The molecule has 2 N–H and O–H groups in total. The molecule has 0 radical (unpaired) electrons. The number of rotatable bonds is 7. The van der Waals surface area contributed by atoms with Gasteiger partial charge >= 0.3 is 6.03 Å². The van der Waals surface area contributed by atoms with Crippen molar-refractivity contribution in [3.63, 3.8) is 0 Å². The zero-order chi connectivity index (χ0) is 16.8. The number of urea groups is 1. The Balaban J connectivity index is 1.62. The van der Waals surface area contributed by atoms with Crippen molar-refractivity contribution in [2.24, 2.45) is 0 Å². The second-order valence-corrected chi connectivity index (χ2v) is 5.47. The van der Waals surface area contributed by atoms with E-state index in [4.69, 9.17) is 0 Å². The van der Waals surface area contributed by atoms with Crippen LogP contribution in [0.15, 0.2) is 18.3 Å². The monoisotopic (exact) mass is 319 g/mol. The number of carbonyl (C=O) groups is 3. The Kier molecular flexibility index (Phi) is 5.51. The lowest BCUT2D eigenvalue weighted by Gasteiger charge is -2.14. The summed E-state index contributed by atoms with van der Waals surface area (Å²) in [6.07, 6.45) is 2.49. The summed E-state index contributed by atoms with van der Waals surface area (Å²) < 4.78 is 0. The highest BCUT2D eigenvalue weighted by atomic mass is 16.2. The van der Waals surface area contributed by atoms with Crippen molar-refractivity contribution in [1.29, 1.82) is 0 Å². The lowest BCUT2D eigenvalue weighted by molar-refractivity contribution is -0.130. The third kappa shape index (κ3) is 4.67. The Morgan fingerprint density at radius 1 is 1.30 bits per heavy atom. The number of aromatic nitrogens is 1. The Morgan fingerprint density at radius 3 is 2.70 bits per heavy atom. The quantitative estimate of drug-likeness (QED) is 0.553. The second-order valence-electron chi connectivity index (χ2n) is 5.47. The van der Waals surface area contributed by atoms with Crippen molar-refractivity contribution in [3.8, 4) is 0 Å². The van der Waals surface area contributed by atoms with E-state index in [-0.39, 0.29) is 24.9 Å². The van der Waals surface area contributed by atoms with Gasteiger partial charge in [0.25, 0.3) is 5.91 Å². The predicted molar refractivity (Wildman–Crippen MR) is 84.8 cm³/mol. The zero-order valence-electron chi connectivity index (χ0n) is 13.3. The number of imide groups is 1. The summed E-state index contributed by atoms with van der Waals surface area (Å²) in [6, 6.07) is 3.44. The number of nitrogens with zero attached hydrogens (tertiary/aromatic N) is 3. The second kappa shape index (κ2) is 7.57. The van der Waals surface area contributed by atoms with Crippen LogP contribution in [0.1, 0.15) is 12.0 Å². The Labute approximate surface area is 134 Å². The summed E-state index contributed by atoms with van der Waals surface area (Å²) in [5, 5.41) is 5.85. The molecule has 8 heteroatoms. The Morgan fingerprint density at radius 2 is 2.09 bits per heavy atom. The van der Waals surface area contributed by atoms with E-state index < -0.39 is 6.03 Å². The number of hydrogen-bond acceptors (Lipinski definition) is 5. The van der Waals surface area contributed by atoms with Crippen LogP contribution in [-0.4, -0.2) is 65.9 Å². The molecule has 1 aliphatic rings. The summed E-state index contributed by atoms with van der Waals surface area (Å²) >= 11 is 0. The summed E-state index contributed by atoms with van der Waals surface area (Å²) in [5.41, 5.74) is 1.10. The average molecular weight is 319 g/mol. The molecule has 1 fully saturated rings. The van der Waals surface area contributed by atoms with Gasteiger partial charge in [0.1, 0.15) is 18.9 Å². The topological polar surface area (TPSA) is 94.6 Å². The molecule has 0 saturated carbocycles. The van der Waals surface area contributed by atoms with Gasteiger partial charge in [-0.15, -0.1) is 0 Å². The molecule has 1 saturated heterocycles. The van der Waals surface area contributed by atoms with Crippen LogP contribution in [-0.2, 0) is 9.59 Å². The number of amides is 4. The first-order chi connectivity index (χ1) is 11.0. The fourth-order valence-corrected chi connectivity index (χ4v) is 2.13. The van der Waals surface area contributed by atoms with E-state index >= 15 is 0 Å². The van der Waals surface area contributed by atoms with Gasteiger partial charge in [-0.3, -0.25) is 14.5 Å². The normalized spacial score (nSPS) is 14.3. The highest BCUT2D eigenvalue weighted by Crippen LogP contribution is 2.07. The van der Waals surface area contributed by atoms with Gasteiger partial charge in [0.15, 0.2) is 0 Å². The number of likely N-dealkylation sites (N-methyl/N-ethyl adjacent to an activating group) is 1. The van der Waals surface area contributed by atoms with E-state index in [1.54, 1.807) is 6.20 Å². The fourth-order valence-electron chi connectivity index (χ4n) is 2.13. The molecule has 8 nitrogen and oxygen atoms in total. The predicted octanol–water partition coefficient (Wildman–Crippen LogP) is 0.202. The van der Waals surface area contributed by atoms with Gasteiger partial charge in [0, 0.05) is 26.3 Å². The van der Waals surface area contributed by atoms with Crippen LogP contribution in [0.25, 0.3) is 0 Å². The third-order valence-electron chi connectivity index (χ3n) is 3.43.